The monoisotopic (exact) mass is 419 g/mol. The molecule has 0 atom stereocenters. The third-order valence-electron chi connectivity index (χ3n) is 3.64. The van der Waals surface area contributed by atoms with E-state index < -0.39 is 10.9 Å². The van der Waals surface area contributed by atoms with Crippen molar-refractivity contribution in [1.82, 2.24) is 0 Å². The molecule has 0 saturated heterocycles. The van der Waals surface area contributed by atoms with Crippen LogP contribution in [0.2, 0.25) is 0 Å². The first kappa shape index (κ1) is 19.8. The van der Waals surface area contributed by atoms with E-state index in [9.17, 15) is 14.9 Å². The van der Waals surface area contributed by atoms with E-state index in [0.29, 0.717) is 16.8 Å². The van der Waals surface area contributed by atoms with E-state index in [4.69, 9.17) is 4.74 Å². The Morgan fingerprint density at radius 3 is 2.46 bits per heavy atom. The quantitative estimate of drug-likeness (QED) is 0.223. The maximum atomic E-state index is 12.1. The summed E-state index contributed by atoms with van der Waals surface area (Å²) in [6.07, 6.45) is 4.02. The minimum Gasteiger partial charge on any atom is -0.422 e. The van der Waals surface area contributed by atoms with Crippen molar-refractivity contribution in [3.05, 3.63) is 74.8 Å². The first-order chi connectivity index (χ1) is 12.3. The van der Waals surface area contributed by atoms with Crippen LogP contribution in [0, 0.1) is 10.1 Å². The predicted molar refractivity (Wildman–Crippen MR) is 104 cm³/mol. The number of esters is 1. The molecule has 0 unspecified atom stereocenters. The Kier molecular flexibility index (Phi) is 6.65. The Balaban J connectivity index is 1.90. The molecule has 6 nitrogen and oxygen atoms in total. The topological polar surface area (TPSA) is 69.4 Å². The van der Waals surface area contributed by atoms with Crippen LogP contribution in [0.4, 0.5) is 5.69 Å². The number of halogens is 1. The molecule has 0 aromatic heterocycles. The lowest BCUT2D eigenvalue weighted by atomic mass is 10.2. The number of hydrogen-bond acceptors (Lipinski definition) is 4. The average Bonchev–Trinajstić information content (AvgIpc) is 2.56. The molecule has 2 aromatic carbocycles. The molecular formula is C19H20BrN2O4+. The van der Waals surface area contributed by atoms with Crippen LogP contribution >= 0.6 is 15.9 Å². The Hall–Kier alpha value is -2.51. The fraction of sp³-hybridized carbons (Fsp3) is 0.211. The van der Waals surface area contributed by atoms with E-state index in [1.54, 1.807) is 0 Å². The molecule has 0 radical (unpaired) electrons. The molecule has 26 heavy (non-hydrogen) atoms. The smallest absolute Gasteiger partial charge is 0.367 e. The van der Waals surface area contributed by atoms with Crippen LogP contribution in [0.25, 0.3) is 6.08 Å². The summed E-state index contributed by atoms with van der Waals surface area (Å²) in [7, 11) is 3.86. The van der Waals surface area contributed by atoms with Crippen molar-refractivity contribution in [2.24, 2.45) is 0 Å². The second-order valence-corrected chi connectivity index (χ2v) is 7.28. The summed E-state index contributed by atoms with van der Waals surface area (Å²) in [6, 6.07) is 13.4. The van der Waals surface area contributed by atoms with Gasteiger partial charge in [0.15, 0.2) is 6.54 Å². The highest BCUT2D eigenvalue weighted by Gasteiger charge is 2.20. The van der Waals surface area contributed by atoms with Crippen LogP contribution in [-0.2, 0) is 4.79 Å². The molecule has 0 saturated carbocycles. The zero-order valence-corrected chi connectivity index (χ0v) is 16.2. The third-order valence-corrected chi connectivity index (χ3v) is 4.36. The standard InChI is InChI=1S/C19H20BrN2O4/c1-22(2,13-5-7-15-6-3-4-8-18(15)20)14-19(23)26-17-11-9-16(10-12-17)21(24)25/h3-12H,13-14H2,1-2H3/q+1/b7-5+. The van der Waals surface area contributed by atoms with Crippen LogP contribution in [0.1, 0.15) is 5.56 Å². The molecular weight excluding hydrogens is 400 g/mol. The Bertz CT molecular complexity index is 817. The van der Waals surface area contributed by atoms with E-state index in [2.05, 4.69) is 15.9 Å². The second-order valence-electron chi connectivity index (χ2n) is 6.43. The molecule has 0 spiro atoms. The Morgan fingerprint density at radius 2 is 1.85 bits per heavy atom. The maximum absolute atomic E-state index is 12.1. The van der Waals surface area contributed by atoms with Gasteiger partial charge in [-0.05, 0) is 29.8 Å². The first-order valence-corrected chi connectivity index (χ1v) is 8.74. The van der Waals surface area contributed by atoms with Crippen molar-refractivity contribution in [2.45, 2.75) is 0 Å². The third kappa shape index (κ3) is 6.09. The molecule has 0 fully saturated rings. The van der Waals surface area contributed by atoms with E-state index >= 15 is 0 Å². The number of non-ortho nitro benzene ring substituents is 1. The van der Waals surface area contributed by atoms with Gasteiger partial charge in [-0.3, -0.25) is 10.1 Å². The van der Waals surface area contributed by atoms with E-state index in [1.807, 2.05) is 50.5 Å². The van der Waals surface area contributed by atoms with Gasteiger partial charge in [0.05, 0.1) is 25.6 Å². The molecule has 2 rings (SSSR count). The minimum absolute atomic E-state index is 0.0434. The fourth-order valence-corrected chi connectivity index (χ4v) is 2.71. The van der Waals surface area contributed by atoms with Crippen molar-refractivity contribution >= 4 is 33.7 Å². The number of benzene rings is 2. The van der Waals surface area contributed by atoms with Crippen LogP contribution in [0.3, 0.4) is 0 Å². The van der Waals surface area contributed by atoms with Crippen LogP contribution in [0.5, 0.6) is 5.75 Å². The number of hydrogen-bond donors (Lipinski definition) is 0. The normalized spacial score (nSPS) is 11.5. The number of carbonyl (C=O) groups excluding carboxylic acids is 1. The lowest BCUT2D eigenvalue weighted by molar-refractivity contribution is -0.876. The average molecular weight is 420 g/mol. The molecule has 136 valence electrons. The Labute approximate surface area is 160 Å². The van der Waals surface area contributed by atoms with E-state index in [1.165, 1.54) is 24.3 Å². The number of carbonyl (C=O) groups is 1. The molecule has 2 aromatic rings. The maximum Gasteiger partial charge on any atom is 0.367 e. The van der Waals surface area contributed by atoms with Gasteiger partial charge in [-0.2, -0.15) is 0 Å². The molecule has 0 aliphatic rings. The van der Waals surface area contributed by atoms with Crippen molar-refractivity contribution < 1.29 is 18.9 Å². The van der Waals surface area contributed by atoms with Gasteiger partial charge in [-0.25, -0.2) is 4.79 Å². The highest BCUT2D eigenvalue weighted by atomic mass is 79.9. The summed E-state index contributed by atoms with van der Waals surface area (Å²) >= 11 is 3.50. The summed E-state index contributed by atoms with van der Waals surface area (Å²) in [5.41, 5.74) is 1.03. The number of likely N-dealkylation sites (N-methyl/N-ethyl adjacent to an activating group) is 1. The van der Waals surface area contributed by atoms with Gasteiger partial charge in [-0.15, -0.1) is 0 Å². The lowest BCUT2D eigenvalue weighted by Gasteiger charge is -2.27. The molecule has 0 heterocycles. The van der Waals surface area contributed by atoms with Gasteiger partial charge in [0.2, 0.25) is 0 Å². The van der Waals surface area contributed by atoms with Crippen LogP contribution in [0.15, 0.2) is 59.1 Å². The fourth-order valence-electron chi connectivity index (χ4n) is 2.29. The summed E-state index contributed by atoms with van der Waals surface area (Å²) in [5.74, 6) is -0.0949. The van der Waals surface area contributed by atoms with E-state index in [0.717, 1.165) is 10.0 Å². The van der Waals surface area contributed by atoms with Gasteiger partial charge in [-0.1, -0.05) is 40.2 Å². The second kappa shape index (κ2) is 8.73. The molecule has 0 aliphatic heterocycles. The summed E-state index contributed by atoms with van der Waals surface area (Å²) in [4.78, 5) is 22.3. The SMILES string of the molecule is C[N+](C)(C/C=C/c1ccccc1Br)CC(=O)Oc1ccc([N+](=O)[O-])cc1. The number of nitrogens with zero attached hydrogens (tertiary/aromatic N) is 2. The highest BCUT2D eigenvalue weighted by molar-refractivity contribution is 9.10. The minimum atomic E-state index is -0.497. The number of nitro benzene ring substituents is 1. The highest BCUT2D eigenvalue weighted by Crippen LogP contribution is 2.18. The zero-order valence-electron chi connectivity index (χ0n) is 14.6. The molecule has 0 amide bonds. The first-order valence-electron chi connectivity index (χ1n) is 7.95. The molecule has 7 heteroatoms. The van der Waals surface area contributed by atoms with Crippen molar-refractivity contribution in [3.63, 3.8) is 0 Å². The van der Waals surface area contributed by atoms with Gasteiger partial charge in [0.1, 0.15) is 5.75 Å². The zero-order chi connectivity index (χ0) is 19.2. The predicted octanol–water partition coefficient (Wildman–Crippen LogP) is 4.05. The summed E-state index contributed by atoms with van der Waals surface area (Å²) < 4.78 is 6.70. The number of nitro groups is 1. The van der Waals surface area contributed by atoms with Crippen LogP contribution < -0.4 is 4.74 Å². The molecule has 0 bridgehead atoms. The van der Waals surface area contributed by atoms with Crippen molar-refractivity contribution in [2.75, 3.05) is 27.2 Å². The van der Waals surface area contributed by atoms with Crippen LogP contribution in [-0.4, -0.2) is 42.6 Å². The Morgan fingerprint density at radius 1 is 1.19 bits per heavy atom. The molecule has 0 aliphatic carbocycles. The van der Waals surface area contributed by atoms with Gasteiger partial charge < -0.3 is 9.22 Å². The van der Waals surface area contributed by atoms with Crippen molar-refractivity contribution in [3.8, 4) is 5.75 Å². The van der Waals surface area contributed by atoms with Gasteiger partial charge >= 0.3 is 5.97 Å². The number of rotatable bonds is 7. The summed E-state index contributed by atoms with van der Waals surface area (Å²) in [6.45, 7) is 0.827. The van der Waals surface area contributed by atoms with Gasteiger partial charge in [0.25, 0.3) is 5.69 Å². The van der Waals surface area contributed by atoms with Gasteiger partial charge in [0, 0.05) is 16.6 Å². The van der Waals surface area contributed by atoms with E-state index in [-0.39, 0.29) is 12.2 Å². The lowest BCUT2D eigenvalue weighted by Crippen LogP contribution is -2.45. The van der Waals surface area contributed by atoms with Crippen molar-refractivity contribution in [1.29, 1.82) is 0 Å². The molecule has 0 N–H and O–H groups in total. The largest absolute Gasteiger partial charge is 0.422 e. The summed E-state index contributed by atoms with van der Waals surface area (Å²) in [5, 5.41) is 10.6. The number of ether oxygens (including phenoxy) is 1. The number of quaternary nitrogens is 1.